The molecular formula is C12H18IN3. The Balaban J connectivity index is 0.00000128. The lowest BCUT2D eigenvalue weighted by atomic mass is 9.87. The average molecular weight is 331 g/mol. The largest absolute Gasteiger partial charge is 0.370 e. The zero-order valence-corrected chi connectivity index (χ0v) is 11.8. The third kappa shape index (κ3) is 2.87. The fourth-order valence-corrected chi connectivity index (χ4v) is 2.28. The first kappa shape index (κ1) is 13.3. The molecule has 0 fully saturated rings. The van der Waals surface area contributed by atoms with E-state index < -0.39 is 0 Å². The van der Waals surface area contributed by atoms with Crippen LogP contribution in [0, 0.1) is 5.41 Å². The van der Waals surface area contributed by atoms with Crippen molar-refractivity contribution in [2.75, 3.05) is 6.54 Å². The number of nitrogens with zero attached hydrogens (tertiary/aromatic N) is 1. The smallest absolute Gasteiger partial charge is 0.185 e. The molecular weight excluding hydrogens is 313 g/mol. The summed E-state index contributed by atoms with van der Waals surface area (Å²) in [5, 5.41) is 0. The summed E-state index contributed by atoms with van der Waals surface area (Å²) in [6, 6.07) is 8.56. The van der Waals surface area contributed by atoms with Crippen LogP contribution in [-0.4, -0.2) is 12.5 Å². The zero-order valence-electron chi connectivity index (χ0n) is 9.44. The number of fused-ring (bicyclic) bond motifs is 1. The van der Waals surface area contributed by atoms with Gasteiger partial charge < -0.3 is 11.5 Å². The number of hydrogen-bond donors (Lipinski definition) is 2. The molecule has 0 heterocycles. The van der Waals surface area contributed by atoms with E-state index in [4.69, 9.17) is 11.5 Å². The third-order valence-electron chi connectivity index (χ3n) is 3.00. The number of halogens is 1. The Bertz CT molecular complexity index is 372. The van der Waals surface area contributed by atoms with Crippen LogP contribution in [0.25, 0.3) is 0 Å². The third-order valence-corrected chi connectivity index (χ3v) is 3.00. The van der Waals surface area contributed by atoms with Crippen LogP contribution in [-0.2, 0) is 12.8 Å². The van der Waals surface area contributed by atoms with Crippen LogP contribution < -0.4 is 11.5 Å². The Morgan fingerprint density at radius 3 is 2.19 bits per heavy atom. The molecule has 0 saturated carbocycles. The van der Waals surface area contributed by atoms with E-state index in [0.717, 1.165) is 12.8 Å². The van der Waals surface area contributed by atoms with Gasteiger partial charge in [0.1, 0.15) is 0 Å². The lowest BCUT2D eigenvalue weighted by Crippen LogP contribution is -2.27. The van der Waals surface area contributed by atoms with Crippen molar-refractivity contribution >= 4 is 29.9 Å². The van der Waals surface area contributed by atoms with Gasteiger partial charge >= 0.3 is 0 Å². The van der Waals surface area contributed by atoms with Gasteiger partial charge in [0.05, 0.1) is 0 Å². The Morgan fingerprint density at radius 1 is 1.25 bits per heavy atom. The van der Waals surface area contributed by atoms with Crippen molar-refractivity contribution in [1.29, 1.82) is 0 Å². The zero-order chi connectivity index (χ0) is 10.9. The normalized spacial score (nSPS) is 16.1. The summed E-state index contributed by atoms with van der Waals surface area (Å²) in [5.74, 6) is 0.187. The molecule has 0 radical (unpaired) electrons. The summed E-state index contributed by atoms with van der Waals surface area (Å²) in [4.78, 5) is 4.13. The highest BCUT2D eigenvalue weighted by atomic mass is 127. The maximum absolute atomic E-state index is 5.36. The van der Waals surface area contributed by atoms with E-state index in [1.807, 2.05) is 0 Å². The van der Waals surface area contributed by atoms with E-state index in [1.54, 1.807) is 0 Å². The topological polar surface area (TPSA) is 64.4 Å². The first-order valence-corrected chi connectivity index (χ1v) is 5.21. The molecule has 3 nitrogen and oxygen atoms in total. The molecule has 1 aromatic carbocycles. The van der Waals surface area contributed by atoms with Crippen LogP contribution in [0.15, 0.2) is 29.3 Å². The molecule has 0 unspecified atom stereocenters. The van der Waals surface area contributed by atoms with E-state index in [-0.39, 0.29) is 35.4 Å². The van der Waals surface area contributed by atoms with Crippen LogP contribution in [0.3, 0.4) is 0 Å². The fraction of sp³-hybridized carbons (Fsp3) is 0.417. The minimum atomic E-state index is 0. The highest BCUT2D eigenvalue weighted by molar-refractivity contribution is 14.0. The number of hydrogen-bond acceptors (Lipinski definition) is 1. The van der Waals surface area contributed by atoms with Gasteiger partial charge in [-0.15, -0.1) is 24.0 Å². The summed E-state index contributed by atoms with van der Waals surface area (Å²) in [6.45, 7) is 2.95. The molecule has 0 saturated heterocycles. The van der Waals surface area contributed by atoms with Crippen molar-refractivity contribution in [1.82, 2.24) is 0 Å². The van der Waals surface area contributed by atoms with Crippen LogP contribution >= 0.6 is 24.0 Å². The number of rotatable bonds is 2. The molecule has 0 aromatic heterocycles. The standard InChI is InChI=1S/C12H17N3.HI/c1-12(8-15-11(13)14)6-9-4-2-3-5-10(9)7-12;/h2-5H,6-8H2,1H3,(H4,13,14,15);1H. The van der Waals surface area contributed by atoms with Gasteiger partial charge in [-0.25, -0.2) is 0 Å². The monoisotopic (exact) mass is 331 g/mol. The Hall–Kier alpha value is -0.780. The Labute approximate surface area is 113 Å². The fourth-order valence-electron chi connectivity index (χ4n) is 2.28. The molecule has 2 rings (SSSR count). The number of nitrogens with two attached hydrogens (primary N) is 2. The van der Waals surface area contributed by atoms with Gasteiger partial charge in [0.25, 0.3) is 0 Å². The maximum atomic E-state index is 5.36. The lowest BCUT2D eigenvalue weighted by Gasteiger charge is -2.20. The molecule has 0 spiro atoms. The molecule has 0 amide bonds. The molecule has 0 bridgehead atoms. The van der Waals surface area contributed by atoms with Crippen LogP contribution in [0.4, 0.5) is 0 Å². The summed E-state index contributed by atoms with van der Waals surface area (Å²) >= 11 is 0. The van der Waals surface area contributed by atoms with E-state index in [9.17, 15) is 0 Å². The molecule has 0 aliphatic heterocycles. The molecule has 1 aliphatic carbocycles. The molecule has 4 heteroatoms. The summed E-state index contributed by atoms with van der Waals surface area (Å²) < 4.78 is 0. The van der Waals surface area contributed by atoms with Crippen molar-refractivity contribution in [2.45, 2.75) is 19.8 Å². The van der Waals surface area contributed by atoms with E-state index in [1.165, 1.54) is 11.1 Å². The van der Waals surface area contributed by atoms with E-state index in [2.05, 4.69) is 36.2 Å². The molecule has 4 N–H and O–H groups in total. The van der Waals surface area contributed by atoms with Gasteiger partial charge in [-0.2, -0.15) is 0 Å². The minimum absolute atomic E-state index is 0. The molecule has 1 aliphatic rings. The molecule has 1 aromatic rings. The van der Waals surface area contributed by atoms with Gasteiger partial charge in [0.2, 0.25) is 0 Å². The van der Waals surface area contributed by atoms with Crippen molar-refractivity contribution in [3.05, 3.63) is 35.4 Å². The van der Waals surface area contributed by atoms with Crippen molar-refractivity contribution in [3.8, 4) is 0 Å². The molecule has 88 valence electrons. The highest BCUT2D eigenvalue weighted by Gasteiger charge is 2.32. The summed E-state index contributed by atoms with van der Waals surface area (Å²) in [5.41, 5.74) is 13.8. The second kappa shape index (κ2) is 5.03. The minimum Gasteiger partial charge on any atom is -0.370 e. The Kier molecular flexibility index (Phi) is 4.18. The van der Waals surface area contributed by atoms with Gasteiger partial charge in [-0.1, -0.05) is 31.2 Å². The van der Waals surface area contributed by atoms with Crippen molar-refractivity contribution in [3.63, 3.8) is 0 Å². The van der Waals surface area contributed by atoms with Crippen molar-refractivity contribution < 1.29 is 0 Å². The SMILES string of the molecule is CC1(CN=C(N)N)Cc2ccccc2C1.I. The van der Waals surface area contributed by atoms with Crippen LogP contribution in [0.1, 0.15) is 18.1 Å². The maximum Gasteiger partial charge on any atom is 0.185 e. The predicted octanol–water partition coefficient (Wildman–Crippen LogP) is 1.68. The molecule has 0 atom stereocenters. The van der Waals surface area contributed by atoms with E-state index in [0.29, 0.717) is 6.54 Å². The van der Waals surface area contributed by atoms with Crippen LogP contribution in [0.5, 0.6) is 0 Å². The first-order valence-electron chi connectivity index (χ1n) is 5.21. The van der Waals surface area contributed by atoms with Gasteiger partial charge in [0, 0.05) is 6.54 Å². The average Bonchev–Trinajstić information content (AvgIpc) is 2.52. The van der Waals surface area contributed by atoms with Crippen molar-refractivity contribution in [2.24, 2.45) is 21.9 Å². The Morgan fingerprint density at radius 2 is 1.75 bits per heavy atom. The van der Waals surface area contributed by atoms with Gasteiger partial charge in [0.15, 0.2) is 5.96 Å². The van der Waals surface area contributed by atoms with Gasteiger partial charge in [-0.05, 0) is 29.4 Å². The second-order valence-electron chi connectivity index (χ2n) is 4.67. The predicted molar refractivity (Wildman–Crippen MR) is 78.0 cm³/mol. The van der Waals surface area contributed by atoms with Crippen LogP contribution in [0.2, 0.25) is 0 Å². The number of benzene rings is 1. The van der Waals surface area contributed by atoms with Gasteiger partial charge in [-0.3, -0.25) is 4.99 Å². The first-order chi connectivity index (χ1) is 7.09. The highest BCUT2D eigenvalue weighted by Crippen LogP contribution is 2.36. The molecule has 16 heavy (non-hydrogen) atoms. The quantitative estimate of drug-likeness (QED) is 0.492. The van der Waals surface area contributed by atoms with E-state index >= 15 is 0 Å². The summed E-state index contributed by atoms with van der Waals surface area (Å²) in [7, 11) is 0. The summed E-state index contributed by atoms with van der Waals surface area (Å²) in [6.07, 6.45) is 2.14. The number of aliphatic imine (C=N–C) groups is 1. The lowest BCUT2D eigenvalue weighted by molar-refractivity contribution is 0.360. The number of guanidine groups is 1. The second-order valence-corrected chi connectivity index (χ2v) is 4.67.